The molecule has 0 saturated carbocycles. The summed E-state index contributed by atoms with van der Waals surface area (Å²) in [6.45, 7) is 13.0. The first kappa shape index (κ1) is 41.9. The molecule has 10 rings (SSSR count). The first-order valence-electron chi connectivity index (χ1n) is 28.1. The molecule has 364 valence electrons. The van der Waals surface area contributed by atoms with E-state index in [1.54, 1.807) is 32.9 Å². The molecule has 4 aromatic heterocycles. The van der Waals surface area contributed by atoms with Crippen molar-refractivity contribution < 1.29 is 41.2 Å². The van der Waals surface area contributed by atoms with E-state index in [9.17, 15) is 4.39 Å². The van der Waals surface area contributed by atoms with Crippen LogP contribution in [0.2, 0.25) is 19.6 Å². The molecule has 0 fully saturated rings. The van der Waals surface area contributed by atoms with Gasteiger partial charge in [-0.25, -0.2) is 0 Å². The zero-order valence-electron chi connectivity index (χ0n) is 51.0. The van der Waals surface area contributed by atoms with Gasteiger partial charge in [0.05, 0.1) is 15.0 Å². The summed E-state index contributed by atoms with van der Waals surface area (Å²) < 4.78 is 95.5. The Hall–Kier alpha value is -6.63. The zero-order chi connectivity index (χ0) is 58.2. The van der Waals surface area contributed by atoms with E-state index >= 15 is 0 Å². The molecule has 0 saturated heterocycles. The summed E-state index contributed by atoms with van der Waals surface area (Å²) in [7, 11) is -1.23. The van der Waals surface area contributed by atoms with Crippen LogP contribution < -0.4 is 5.19 Å². The number of halogens is 1. The quantitative estimate of drug-likeness (QED) is 0.118. The Bertz CT molecular complexity index is 3780. The molecule has 0 atom stereocenters. The Labute approximate surface area is 453 Å². The standard InChI is InChI=1S/C36H32NO.C15H15FN.C14H16NSi.Ir/c1-23-18-25(21-36(3,4)5)14-16-28(23)32-20-33(37-22-24(32)2)31-13-9-12-30-29-17-15-27(19-34(29)38-35(30)31)26-10-7-6-8-11-26;1-15(2,3)12-6-9-14(17-10-12)11-4-7-13(16)8-5-11;1-16(2,3)13-9-10-14(15-11-13)12-7-5-4-6-8-12;/h6-12,14-20,22H,21H2,1-5H3;4,6-10H,1-3H3;4-7,9-11H,1-3H3;/q3*-1;+3/i1D3,2D3,16D,21D2;;;. The second kappa shape index (κ2) is 22.4. The summed E-state index contributed by atoms with van der Waals surface area (Å²) in [6, 6.07) is 53.1. The van der Waals surface area contributed by atoms with Gasteiger partial charge in [0.1, 0.15) is 5.58 Å². The van der Waals surface area contributed by atoms with Gasteiger partial charge in [0.25, 0.3) is 0 Å². The minimum absolute atomic E-state index is 0. The Morgan fingerprint density at radius 1 is 0.639 bits per heavy atom. The van der Waals surface area contributed by atoms with E-state index in [-0.39, 0.29) is 70.9 Å². The molecule has 4 nitrogen and oxygen atoms in total. The first-order valence-corrected chi connectivity index (χ1v) is 27.1. The summed E-state index contributed by atoms with van der Waals surface area (Å²) in [5.41, 5.74) is 7.30. The molecule has 0 N–H and O–H groups in total. The number of pyridine rings is 3. The van der Waals surface area contributed by atoms with Gasteiger partial charge in [0.2, 0.25) is 0 Å². The molecule has 7 heteroatoms. The van der Waals surface area contributed by atoms with Gasteiger partial charge in [0.15, 0.2) is 0 Å². The molecule has 0 aliphatic heterocycles. The second-order valence-corrected chi connectivity index (χ2v) is 25.6. The number of hydrogen-bond acceptors (Lipinski definition) is 4. The van der Waals surface area contributed by atoms with Gasteiger partial charge < -0.3 is 19.4 Å². The molecule has 0 amide bonds. The average molecular weight is 1150 g/mol. The van der Waals surface area contributed by atoms with Crippen molar-refractivity contribution in [3.05, 3.63) is 216 Å². The van der Waals surface area contributed by atoms with Crippen LogP contribution in [0.3, 0.4) is 0 Å². The Morgan fingerprint density at radius 2 is 1.36 bits per heavy atom. The van der Waals surface area contributed by atoms with Gasteiger partial charge in [-0.1, -0.05) is 163 Å². The zero-order valence-corrected chi connectivity index (χ0v) is 45.4. The van der Waals surface area contributed by atoms with E-state index in [1.165, 1.54) is 47.3 Å². The van der Waals surface area contributed by atoms with Crippen LogP contribution in [0.15, 0.2) is 175 Å². The molecule has 0 radical (unpaired) electrons. The largest absolute Gasteiger partial charge is 3.00 e. The van der Waals surface area contributed by atoms with Gasteiger partial charge >= 0.3 is 20.1 Å². The number of aryl methyl sites for hydroxylation is 2. The van der Waals surface area contributed by atoms with Crippen LogP contribution in [-0.2, 0) is 31.9 Å². The molecular weight excluding hydrogens is 1080 g/mol. The van der Waals surface area contributed by atoms with E-state index in [0.717, 1.165) is 44.4 Å². The minimum atomic E-state index is -2.79. The molecule has 0 aliphatic carbocycles. The maximum atomic E-state index is 12.8. The monoisotopic (exact) mass is 1150 g/mol. The Balaban J connectivity index is 0.000000225. The summed E-state index contributed by atoms with van der Waals surface area (Å²) >= 11 is 0. The van der Waals surface area contributed by atoms with Crippen molar-refractivity contribution in [1.29, 1.82) is 0 Å². The fourth-order valence-corrected chi connectivity index (χ4v) is 8.91. The predicted octanol–water partition coefficient (Wildman–Crippen LogP) is 17.1. The van der Waals surface area contributed by atoms with Gasteiger partial charge in [-0.2, -0.15) is 0 Å². The molecule has 6 aromatic carbocycles. The third kappa shape index (κ3) is 13.1. The van der Waals surface area contributed by atoms with Gasteiger partial charge in [-0.3, -0.25) is 4.39 Å². The van der Waals surface area contributed by atoms with E-state index < -0.39 is 33.6 Å². The van der Waals surface area contributed by atoms with Crippen molar-refractivity contribution in [2.75, 3.05) is 0 Å². The third-order valence-corrected chi connectivity index (χ3v) is 13.8. The van der Waals surface area contributed by atoms with Crippen molar-refractivity contribution in [3.8, 4) is 56.0 Å². The Morgan fingerprint density at radius 3 is 1.99 bits per heavy atom. The molecule has 0 aliphatic rings. The fourth-order valence-electron chi connectivity index (χ4n) is 7.88. The maximum absolute atomic E-state index is 12.8. The fraction of sp³-hybridized carbons (Fsp3) is 0.215. The summed E-state index contributed by atoms with van der Waals surface area (Å²) in [6.07, 6.45) is 3.09. The van der Waals surface area contributed by atoms with E-state index in [2.05, 4.69) is 91.8 Å². The topological polar surface area (TPSA) is 51.8 Å². The molecule has 0 spiro atoms. The SMILES string of the molecule is CC(C)(C)c1ccc(-c2[c-]cc(F)cc2)nc1.C[Si](C)(C)c1ccc(-c2[c-]cccc2)nc1.[2H]c1cc(C([2H])([2H])C(C)(C)C)cc(C([2H])([2H])[2H])c1-c1cc(-c2[c-]ccc3c2oc2cc(-c4ccccc4)ccc23)ncc1C([2H])([2H])[2H].[Ir+3]. The number of fused-ring (bicyclic) bond motifs is 3. The third-order valence-electron chi connectivity index (χ3n) is 11.7. The molecule has 0 unspecified atom stereocenters. The van der Waals surface area contributed by atoms with Crippen molar-refractivity contribution >= 4 is 35.2 Å². The van der Waals surface area contributed by atoms with Crippen LogP contribution in [0.1, 0.15) is 76.1 Å². The summed E-state index contributed by atoms with van der Waals surface area (Å²) in [5, 5.41) is 3.07. The van der Waals surface area contributed by atoms with Crippen molar-refractivity contribution in [2.24, 2.45) is 5.41 Å². The van der Waals surface area contributed by atoms with Gasteiger partial charge in [-0.15, -0.1) is 83.9 Å². The number of benzene rings is 6. The normalized spacial score (nSPS) is 13.9. The average Bonchev–Trinajstić information content (AvgIpc) is 4.08. The number of aromatic nitrogens is 3. The molecule has 0 bridgehead atoms. The van der Waals surface area contributed by atoms with Crippen LogP contribution in [0, 0.1) is 43.1 Å². The van der Waals surface area contributed by atoms with Crippen molar-refractivity contribution in [3.63, 3.8) is 0 Å². The van der Waals surface area contributed by atoms with Gasteiger partial charge in [0, 0.05) is 40.8 Å². The van der Waals surface area contributed by atoms with Crippen LogP contribution in [0.5, 0.6) is 0 Å². The Kier molecular flexibility index (Phi) is 13.1. The maximum Gasteiger partial charge on any atom is 3.00 e. The molecule has 4 heterocycles. The smallest absolute Gasteiger partial charge is 0.501 e. The number of furan rings is 1. The van der Waals surface area contributed by atoms with Crippen LogP contribution in [-0.4, -0.2) is 23.0 Å². The number of nitrogens with zero attached hydrogens (tertiary/aromatic N) is 3. The van der Waals surface area contributed by atoms with Crippen molar-refractivity contribution in [1.82, 2.24) is 15.0 Å². The van der Waals surface area contributed by atoms with E-state index in [0.29, 0.717) is 16.7 Å². The summed E-state index contributed by atoms with van der Waals surface area (Å²) in [4.78, 5) is 13.4. The second-order valence-electron chi connectivity index (χ2n) is 20.5. The van der Waals surface area contributed by atoms with Crippen LogP contribution >= 0.6 is 0 Å². The van der Waals surface area contributed by atoms with Crippen LogP contribution in [0.4, 0.5) is 4.39 Å². The number of rotatable bonds is 7. The van der Waals surface area contributed by atoms with E-state index in [4.69, 9.17) is 16.8 Å². The van der Waals surface area contributed by atoms with Gasteiger partial charge in [-0.05, 0) is 104 Å². The van der Waals surface area contributed by atoms with E-state index in [1.807, 2.05) is 97.3 Å². The summed E-state index contributed by atoms with van der Waals surface area (Å²) in [5.74, 6) is -0.278. The minimum Gasteiger partial charge on any atom is -0.501 e. The van der Waals surface area contributed by atoms with Crippen molar-refractivity contribution in [2.45, 2.75) is 86.7 Å². The molecular formula is C65H63FIrN3OSi. The first-order chi connectivity index (χ1) is 37.4. The number of hydrogen-bond donors (Lipinski definition) is 0. The molecule has 72 heavy (non-hydrogen) atoms. The predicted molar refractivity (Wildman–Crippen MR) is 298 cm³/mol. The molecule has 10 aromatic rings. The van der Waals surface area contributed by atoms with Crippen LogP contribution in [0.25, 0.3) is 78.0 Å².